The van der Waals surface area contributed by atoms with Gasteiger partial charge in [-0.1, -0.05) is 0 Å². The number of ether oxygens (including phenoxy) is 1. The van der Waals surface area contributed by atoms with E-state index in [9.17, 15) is 4.79 Å². The average molecular weight is 253 g/mol. The summed E-state index contributed by atoms with van der Waals surface area (Å²) in [5.74, 6) is 0.0865. The molecule has 0 unspecified atom stereocenters. The highest BCUT2D eigenvalue weighted by Crippen LogP contribution is 2.00. The molecule has 1 aromatic heterocycles. The van der Waals surface area contributed by atoms with Crippen molar-refractivity contribution in [1.82, 2.24) is 15.1 Å². The highest BCUT2D eigenvalue weighted by Gasteiger charge is 2.03. The maximum atomic E-state index is 11.5. The highest BCUT2D eigenvalue weighted by atomic mass is 16.5. The lowest BCUT2D eigenvalue weighted by molar-refractivity contribution is -0.121. The van der Waals surface area contributed by atoms with Crippen LogP contribution in [0.25, 0.3) is 0 Å². The molecular formula is C13H23N3O2. The van der Waals surface area contributed by atoms with E-state index >= 15 is 0 Å². The third kappa shape index (κ3) is 6.39. The Morgan fingerprint density at radius 3 is 2.94 bits per heavy atom. The third-order valence-electron chi connectivity index (χ3n) is 2.49. The molecule has 18 heavy (non-hydrogen) atoms. The van der Waals surface area contributed by atoms with E-state index in [1.165, 1.54) is 0 Å². The fourth-order valence-corrected chi connectivity index (χ4v) is 1.57. The standard InChI is InChI=1S/C13H23N3O2/c1-11(2)18-8-4-7-14-13(17)6-5-12-9-15-16(3)10-12/h9-11H,4-8H2,1-3H3,(H,14,17). The van der Waals surface area contributed by atoms with Crippen molar-refractivity contribution < 1.29 is 9.53 Å². The zero-order chi connectivity index (χ0) is 13.4. The topological polar surface area (TPSA) is 56.1 Å². The second-order valence-electron chi connectivity index (χ2n) is 4.65. The number of nitrogens with one attached hydrogen (secondary N) is 1. The van der Waals surface area contributed by atoms with Crippen molar-refractivity contribution in [3.8, 4) is 0 Å². The maximum absolute atomic E-state index is 11.5. The molecule has 0 bridgehead atoms. The van der Waals surface area contributed by atoms with Crippen molar-refractivity contribution in [1.29, 1.82) is 0 Å². The minimum absolute atomic E-state index is 0.0865. The van der Waals surface area contributed by atoms with Gasteiger partial charge in [-0.25, -0.2) is 0 Å². The molecule has 0 spiro atoms. The predicted molar refractivity (Wildman–Crippen MR) is 70.2 cm³/mol. The largest absolute Gasteiger partial charge is 0.379 e. The van der Waals surface area contributed by atoms with Crippen LogP contribution < -0.4 is 5.32 Å². The van der Waals surface area contributed by atoms with E-state index in [4.69, 9.17) is 4.74 Å². The van der Waals surface area contributed by atoms with Gasteiger partial charge in [0.2, 0.25) is 5.91 Å². The van der Waals surface area contributed by atoms with Crippen LogP contribution in [-0.4, -0.2) is 34.9 Å². The van der Waals surface area contributed by atoms with E-state index < -0.39 is 0 Å². The summed E-state index contributed by atoms with van der Waals surface area (Å²) in [6.07, 6.45) is 6.09. The first-order chi connectivity index (χ1) is 8.58. The predicted octanol–water partition coefficient (Wildman–Crippen LogP) is 1.28. The Kier molecular flexibility index (Phi) is 6.43. The smallest absolute Gasteiger partial charge is 0.220 e. The van der Waals surface area contributed by atoms with Gasteiger partial charge in [-0.05, 0) is 32.3 Å². The zero-order valence-corrected chi connectivity index (χ0v) is 11.5. The molecule has 5 nitrogen and oxygen atoms in total. The monoisotopic (exact) mass is 253 g/mol. The zero-order valence-electron chi connectivity index (χ0n) is 11.5. The van der Waals surface area contributed by atoms with Gasteiger partial charge in [-0.3, -0.25) is 9.48 Å². The second-order valence-corrected chi connectivity index (χ2v) is 4.65. The van der Waals surface area contributed by atoms with E-state index in [1.54, 1.807) is 10.9 Å². The molecule has 1 amide bonds. The van der Waals surface area contributed by atoms with Crippen LogP contribution in [0.2, 0.25) is 0 Å². The number of nitrogens with zero attached hydrogens (tertiary/aromatic N) is 2. The molecule has 0 atom stereocenters. The van der Waals surface area contributed by atoms with Crippen LogP contribution in [0.3, 0.4) is 0 Å². The summed E-state index contributed by atoms with van der Waals surface area (Å²) >= 11 is 0. The van der Waals surface area contributed by atoms with Gasteiger partial charge in [0, 0.05) is 32.8 Å². The molecule has 0 fully saturated rings. The fourth-order valence-electron chi connectivity index (χ4n) is 1.57. The lowest BCUT2D eigenvalue weighted by Crippen LogP contribution is -2.25. The molecule has 102 valence electrons. The van der Waals surface area contributed by atoms with Crippen molar-refractivity contribution >= 4 is 5.91 Å². The molecule has 1 heterocycles. The summed E-state index contributed by atoms with van der Waals surface area (Å²) in [6.45, 7) is 5.39. The van der Waals surface area contributed by atoms with Gasteiger partial charge in [0.25, 0.3) is 0 Å². The van der Waals surface area contributed by atoms with E-state index in [-0.39, 0.29) is 12.0 Å². The average Bonchev–Trinajstić information content (AvgIpc) is 2.71. The number of amides is 1. The van der Waals surface area contributed by atoms with Crippen molar-refractivity contribution in [3.05, 3.63) is 18.0 Å². The number of rotatable bonds is 8. The van der Waals surface area contributed by atoms with E-state index in [0.29, 0.717) is 19.6 Å². The molecule has 1 N–H and O–H groups in total. The van der Waals surface area contributed by atoms with Crippen molar-refractivity contribution in [3.63, 3.8) is 0 Å². The molecule has 0 aliphatic carbocycles. The summed E-state index contributed by atoms with van der Waals surface area (Å²) in [5.41, 5.74) is 1.09. The Morgan fingerprint density at radius 2 is 2.33 bits per heavy atom. The number of carbonyl (C=O) groups excluding carboxylic acids is 1. The van der Waals surface area contributed by atoms with Crippen LogP contribution in [0.15, 0.2) is 12.4 Å². The summed E-state index contributed by atoms with van der Waals surface area (Å²) in [4.78, 5) is 11.5. The Balaban J connectivity index is 2.04. The van der Waals surface area contributed by atoms with Gasteiger partial charge in [-0.2, -0.15) is 5.10 Å². The SMILES string of the molecule is CC(C)OCCCNC(=O)CCc1cnn(C)c1. The summed E-state index contributed by atoms with van der Waals surface area (Å²) in [7, 11) is 1.87. The number of aryl methyl sites for hydroxylation is 2. The van der Waals surface area contributed by atoms with Gasteiger partial charge in [-0.15, -0.1) is 0 Å². The summed E-state index contributed by atoms with van der Waals surface area (Å²) < 4.78 is 7.14. The van der Waals surface area contributed by atoms with Gasteiger partial charge in [0.15, 0.2) is 0 Å². The minimum atomic E-state index is 0.0865. The molecule has 0 radical (unpaired) electrons. The maximum Gasteiger partial charge on any atom is 0.220 e. The first-order valence-corrected chi connectivity index (χ1v) is 6.43. The minimum Gasteiger partial charge on any atom is -0.379 e. The molecule has 0 saturated carbocycles. The van der Waals surface area contributed by atoms with E-state index in [1.807, 2.05) is 27.1 Å². The Labute approximate surface area is 109 Å². The first-order valence-electron chi connectivity index (χ1n) is 6.43. The van der Waals surface area contributed by atoms with Crippen molar-refractivity contribution in [2.75, 3.05) is 13.2 Å². The molecule has 0 aliphatic rings. The van der Waals surface area contributed by atoms with Crippen LogP contribution >= 0.6 is 0 Å². The van der Waals surface area contributed by atoms with Gasteiger partial charge >= 0.3 is 0 Å². The third-order valence-corrected chi connectivity index (χ3v) is 2.49. The number of hydrogen-bond acceptors (Lipinski definition) is 3. The van der Waals surface area contributed by atoms with Crippen LogP contribution in [0.1, 0.15) is 32.3 Å². The number of aromatic nitrogens is 2. The van der Waals surface area contributed by atoms with E-state index in [0.717, 1.165) is 18.4 Å². The first kappa shape index (κ1) is 14.7. The number of carbonyl (C=O) groups is 1. The van der Waals surface area contributed by atoms with Crippen LogP contribution in [-0.2, 0) is 23.0 Å². The fraction of sp³-hybridized carbons (Fsp3) is 0.692. The van der Waals surface area contributed by atoms with Crippen molar-refractivity contribution in [2.24, 2.45) is 7.05 Å². The van der Waals surface area contributed by atoms with Crippen LogP contribution in [0, 0.1) is 0 Å². The van der Waals surface area contributed by atoms with Crippen LogP contribution in [0.5, 0.6) is 0 Å². The molecule has 0 saturated heterocycles. The number of hydrogen-bond donors (Lipinski definition) is 1. The van der Waals surface area contributed by atoms with Gasteiger partial charge < -0.3 is 10.1 Å². The molecular weight excluding hydrogens is 230 g/mol. The molecule has 0 aromatic carbocycles. The molecule has 1 rings (SSSR count). The Morgan fingerprint density at radius 1 is 1.56 bits per heavy atom. The summed E-state index contributed by atoms with van der Waals surface area (Å²) in [5, 5.41) is 6.95. The summed E-state index contributed by atoms with van der Waals surface area (Å²) in [6, 6.07) is 0. The van der Waals surface area contributed by atoms with Crippen LogP contribution in [0.4, 0.5) is 0 Å². The quantitative estimate of drug-likeness (QED) is 0.710. The van der Waals surface area contributed by atoms with E-state index in [2.05, 4.69) is 10.4 Å². The highest BCUT2D eigenvalue weighted by molar-refractivity contribution is 5.76. The normalized spacial score (nSPS) is 10.9. The van der Waals surface area contributed by atoms with Crippen molar-refractivity contribution in [2.45, 2.75) is 39.2 Å². The van der Waals surface area contributed by atoms with Gasteiger partial charge in [0.05, 0.1) is 12.3 Å². The molecule has 1 aromatic rings. The Bertz CT molecular complexity index is 361. The van der Waals surface area contributed by atoms with Gasteiger partial charge in [0.1, 0.15) is 0 Å². The lowest BCUT2D eigenvalue weighted by Gasteiger charge is -2.08. The molecule has 0 aliphatic heterocycles. The lowest BCUT2D eigenvalue weighted by atomic mass is 10.2. The second kappa shape index (κ2) is 7.87. The molecule has 5 heteroatoms. The Hall–Kier alpha value is -1.36.